The van der Waals surface area contributed by atoms with Gasteiger partial charge in [0.25, 0.3) is 5.91 Å². The third kappa shape index (κ3) is 4.22. The molecule has 0 spiro atoms. The second-order valence-electron chi connectivity index (χ2n) is 4.57. The van der Waals surface area contributed by atoms with Gasteiger partial charge in [0, 0.05) is 9.90 Å². The summed E-state index contributed by atoms with van der Waals surface area (Å²) in [4.78, 5) is 25.4. The molecule has 22 heavy (non-hydrogen) atoms. The van der Waals surface area contributed by atoms with Gasteiger partial charge in [-0.05, 0) is 44.2 Å². The normalized spacial score (nSPS) is 11.8. The summed E-state index contributed by atoms with van der Waals surface area (Å²) in [5.41, 5.74) is 0.369. The number of halogens is 2. The number of ether oxygens (including phenoxy) is 1. The van der Waals surface area contributed by atoms with Gasteiger partial charge in [-0.15, -0.1) is 11.3 Å². The van der Waals surface area contributed by atoms with Gasteiger partial charge >= 0.3 is 5.97 Å². The van der Waals surface area contributed by atoms with E-state index in [0.717, 1.165) is 4.88 Å². The van der Waals surface area contributed by atoms with E-state index in [1.165, 1.54) is 24.3 Å². The minimum atomic E-state index is -0.954. The first-order valence-electron chi connectivity index (χ1n) is 6.40. The van der Waals surface area contributed by atoms with Crippen LogP contribution in [-0.2, 0) is 9.53 Å². The van der Waals surface area contributed by atoms with E-state index in [0.29, 0.717) is 20.6 Å². The van der Waals surface area contributed by atoms with E-state index in [2.05, 4.69) is 5.32 Å². The summed E-state index contributed by atoms with van der Waals surface area (Å²) in [6.07, 6.45) is -0.954. The molecule has 0 saturated carbocycles. The van der Waals surface area contributed by atoms with Gasteiger partial charge in [0.2, 0.25) is 0 Å². The number of amides is 1. The maximum atomic E-state index is 12.1. The Bertz CT molecular complexity index is 715. The average Bonchev–Trinajstić information content (AvgIpc) is 2.89. The van der Waals surface area contributed by atoms with E-state index >= 15 is 0 Å². The summed E-state index contributed by atoms with van der Waals surface area (Å²) in [5.74, 6) is -1.01. The predicted octanol–water partition coefficient (Wildman–Crippen LogP) is 4.55. The van der Waals surface area contributed by atoms with E-state index in [1.807, 2.05) is 13.0 Å². The molecule has 1 aromatic heterocycles. The Morgan fingerprint density at radius 2 is 1.95 bits per heavy atom. The molecule has 7 heteroatoms. The summed E-state index contributed by atoms with van der Waals surface area (Å²) in [6.45, 7) is 3.38. The number of thiophene rings is 1. The second-order valence-corrected chi connectivity index (χ2v) is 6.70. The lowest BCUT2D eigenvalue weighted by atomic mass is 10.3. The maximum Gasteiger partial charge on any atom is 0.349 e. The second kappa shape index (κ2) is 7.13. The third-order valence-corrected chi connectivity index (χ3v) is 4.33. The van der Waals surface area contributed by atoms with Gasteiger partial charge in [-0.2, -0.15) is 0 Å². The van der Waals surface area contributed by atoms with E-state index in [9.17, 15) is 9.59 Å². The predicted molar refractivity (Wildman–Crippen MR) is 89.0 cm³/mol. The number of nitrogens with one attached hydrogen (secondary N) is 1. The number of hydrogen-bond acceptors (Lipinski definition) is 4. The largest absolute Gasteiger partial charge is 0.448 e. The molecule has 0 aliphatic heterocycles. The molecule has 1 heterocycles. The zero-order chi connectivity index (χ0) is 16.3. The van der Waals surface area contributed by atoms with Crippen molar-refractivity contribution in [1.82, 2.24) is 0 Å². The van der Waals surface area contributed by atoms with E-state index in [1.54, 1.807) is 18.2 Å². The van der Waals surface area contributed by atoms with Crippen molar-refractivity contribution in [3.63, 3.8) is 0 Å². The van der Waals surface area contributed by atoms with Gasteiger partial charge in [0.15, 0.2) is 6.10 Å². The van der Waals surface area contributed by atoms with E-state index in [-0.39, 0.29) is 0 Å². The Hall–Kier alpha value is -1.56. The summed E-state index contributed by atoms with van der Waals surface area (Å²) < 4.78 is 5.14. The maximum absolute atomic E-state index is 12.1. The highest BCUT2D eigenvalue weighted by atomic mass is 35.5. The third-order valence-electron chi connectivity index (χ3n) is 2.78. The van der Waals surface area contributed by atoms with Gasteiger partial charge in [-0.25, -0.2) is 4.79 Å². The highest BCUT2D eigenvalue weighted by molar-refractivity contribution is 7.13. The van der Waals surface area contributed by atoms with Crippen LogP contribution >= 0.6 is 34.5 Å². The van der Waals surface area contributed by atoms with Gasteiger partial charge in [0.1, 0.15) is 4.88 Å². The Morgan fingerprint density at radius 3 is 2.59 bits per heavy atom. The molecule has 4 nitrogen and oxygen atoms in total. The molecule has 1 atom stereocenters. The van der Waals surface area contributed by atoms with Crippen LogP contribution in [0.1, 0.15) is 21.5 Å². The van der Waals surface area contributed by atoms with Gasteiger partial charge in [0.05, 0.1) is 10.7 Å². The van der Waals surface area contributed by atoms with Gasteiger partial charge in [-0.1, -0.05) is 23.2 Å². The standard InChI is InChI=1S/C15H13Cl2NO3S/c1-8-3-6-13(22-8)15(20)21-9(2)14(19)18-12-7-10(16)4-5-11(12)17/h3-7,9H,1-2H3,(H,18,19)/t9-/m1/s1. The SMILES string of the molecule is Cc1ccc(C(=O)O[C@H](C)C(=O)Nc2cc(Cl)ccc2Cl)s1. The quantitative estimate of drug-likeness (QED) is 0.816. The lowest BCUT2D eigenvalue weighted by Gasteiger charge is -2.14. The van der Waals surface area contributed by atoms with Crippen molar-refractivity contribution in [2.24, 2.45) is 0 Å². The Kier molecular flexibility index (Phi) is 5.45. The fourth-order valence-corrected chi connectivity index (χ4v) is 2.73. The molecule has 0 radical (unpaired) electrons. The van der Waals surface area contributed by atoms with Crippen molar-refractivity contribution in [1.29, 1.82) is 0 Å². The first-order valence-corrected chi connectivity index (χ1v) is 7.97. The molecule has 1 amide bonds. The van der Waals surface area contributed by atoms with Crippen LogP contribution in [0.5, 0.6) is 0 Å². The van der Waals surface area contributed by atoms with Crippen LogP contribution in [0, 0.1) is 6.92 Å². The first kappa shape index (κ1) is 16.8. The molecule has 1 N–H and O–H groups in total. The van der Waals surface area contributed by atoms with Gasteiger partial charge < -0.3 is 10.1 Å². The molecular weight excluding hydrogens is 345 g/mol. The number of hydrogen-bond donors (Lipinski definition) is 1. The zero-order valence-electron chi connectivity index (χ0n) is 11.9. The summed E-state index contributed by atoms with van der Waals surface area (Å²) >= 11 is 13.1. The van der Waals surface area contributed by atoms with Crippen molar-refractivity contribution in [3.05, 3.63) is 50.1 Å². The molecule has 2 aromatic rings. The minimum absolute atomic E-state index is 0.352. The molecule has 0 aliphatic rings. The lowest BCUT2D eigenvalue weighted by Crippen LogP contribution is -2.29. The van der Waals surface area contributed by atoms with Crippen molar-refractivity contribution >= 4 is 52.1 Å². The highest BCUT2D eigenvalue weighted by Crippen LogP contribution is 2.25. The molecule has 1 aromatic carbocycles. The van der Waals surface area contributed by atoms with Crippen molar-refractivity contribution < 1.29 is 14.3 Å². The summed E-state index contributed by atoms with van der Waals surface area (Å²) in [6, 6.07) is 8.20. The molecular formula is C15H13Cl2NO3S. The first-order chi connectivity index (χ1) is 10.4. The molecule has 116 valence electrons. The summed E-state index contributed by atoms with van der Waals surface area (Å²) in [7, 11) is 0. The van der Waals surface area contributed by atoms with Crippen LogP contribution < -0.4 is 5.32 Å². The monoisotopic (exact) mass is 357 g/mol. The van der Waals surface area contributed by atoms with E-state index in [4.69, 9.17) is 27.9 Å². The van der Waals surface area contributed by atoms with Crippen LogP contribution in [-0.4, -0.2) is 18.0 Å². The smallest absolute Gasteiger partial charge is 0.349 e. The lowest BCUT2D eigenvalue weighted by molar-refractivity contribution is -0.123. The minimum Gasteiger partial charge on any atom is -0.448 e. The Balaban J connectivity index is 2.00. The molecule has 0 fully saturated rings. The van der Waals surface area contributed by atoms with Crippen molar-refractivity contribution in [2.75, 3.05) is 5.32 Å². The van der Waals surface area contributed by atoms with Gasteiger partial charge in [-0.3, -0.25) is 4.79 Å². The van der Waals surface area contributed by atoms with Crippen molar-refractivity contribution in [2.45, 2.75) is 20.0 Å². The fourth-order valence-electron chi connectivity index (χ4n) is 1.64. The number of rotatable bonds is 4. The van der Waals surface area contributed by atoms with E-state index < -0.39 is 18.0 Å². The summed E-state index contributed by atoms with van der Waals surface area (Å²) in [5, 5.41) is 3.38. The molecule has 0 unspecified atom stereocenters. The highest BCUT2D eigenvalue weighted by Gasteiger charge is 2.20. The van der Waals surface area contributed by atoms with Crippen molar-refractivity contribution in [3.8, 4) is 0 Å². The van der Waals surface area contributed by atoms with Crippen LogP contribution in [0.25, 0.3) is 0 Å². The topological polar surface area (TPSA) is 55.4 Å². The Morgan fingerprint density at radius 1 is 1.23 bits per heavy atom. The number of carbonyl (C=O) groups is 2. The van der Waals surface area contributed by atoms with Crippen LogP contribution in [0.4, 0.5) is 5.69 Å². The molecule has 2 rings (SSSR count). The number of carbonyl (C=O) groups excluding carboxylic acids is 2. The zero-order valence-corrected chi connectivity index (χ0v) is 14.2. The fraction of sp³-hybridized carbons (Fsp3) is 0.200. The number of esters is 1. The average molecular weight is 358 g/mol. The van der Waals surface area contributed by atoms with Crippen LogP contribution in [0.3, 0.4) is 0 Å². The molecule has 0 saturated heterocycles. The molecule has 0 bridgehead atoms. The number of aryl methyl sites for hydroxylation is 1. The van der Waals surface area contributed by atoms with Crippen LogP contribution in [0.15, 0.2) is 30.3 Å². The number of anilines is 1. The van der Waals surface area contributed by atoms with Crippen LogP contribution in [0.2, 0.25) is 10.0 Å². The molecule has 0 aliphatic carbocycles. The number of benzene rings is 1. The Labute approximate surface area is 142 Å².